The number of carbonyl (C=O) groups is 3. The second-order valence-electron chi connectivity index (χ2n) is 6.26. The van der Waals surface area contributed by atoms with Crippen molar-refractivity contribution in [2.45, 2.75) is 46.5 Å². The second-order valence-corrected chi connectivity index (χ2v) is 6.26. The van der Waals surface area contributed by atoms with Crippen LogP contribution in [0.2, 0.25) is 0 Å². The molecule has 6 heteroatoms. The Kier molecular flexibility index (Phi) is 10.1. The minimum absolute atomic E-state index is 0.00763. The van der Waals surface area contributed by atoms with E-state index in [1.54, 1.807) is 11.8 Å². The van der Waals surface area contributed by atoms with Crippen molar-refractivity contribution in [2.75, 3.05) is 26.2 Å². The summed E-state index contributed by atoms with van der Waals surface area (Å²) in [7, 11) is 0. The highest BCUT2D eigenvalue weighted by atomic mass is 16.5. The van der Waals surface area contributed by atoms with Gasteiger partial charge in [-0.05, 0) is 32.3 Å². The third-order valence-corrected chi connectivity index (χ3v) is 3.98. The summed E-state index contributed by atoms with van der Waals surface area (Å²) in [6, 6.07) is 8.29. The van der Waals surface area contributed by atoms with Crippen molar-refractivity contribution in [1.29, 1.82) is 0 Å². The molecular weight excluding hydrogens is 332 g/mol. The van der Waals surface area contributed by atoms with Crippen molar-refractivity contribution in [3.05, 3.63) is 35.4 Å². The van der Waals surface area contributed by atoms with Crippen LogP contribution in [0.3, 0.4) is 0 Å². The van der Waals surface area contributed by atoms with Crippen LogP contribution in [-0.4, -0.2) is 48.9 Å². The van der Waals surface area contributed by atoms with E-state index in [-0.39, 0.29) is 24.2 Å². The molecule has 26 heavy (non-hydrogen) atoms. The molecule has 1 aromatic rings. The first-order valence-electron chi connectivity index (χ1n) is 9.15. The Hall–Kier alpha value is -2.37. The van der Waals surface area contributed by atoms with Crippen molar-refractivity contribution >= 4 is 17.8 Å². The lowest BCUT2D eigenvalue weighted by atomic mass is 10.1. The fraction of sp³-hybridized carbons (Fsp3) is 0.550. The first-order valence-corrected chi connectivity index (χ1v) is 9.15. The molecule has 2 amide bonds. The highest BCUT2D eigenvalue weighted by Gasteiger charge is 2.15. The van der Waals surface area contributed by atoms with Crippen LogP contribution in [0, 0.1) is 6.92 Å². The van der Waals surface area contributed by atoms with E-state index in [0.717, 1.165) is 12.8 Å². The van der Waals surface area contributed by atoms with E-state index in [1.807, 2.05) is 6.92 Å². The summed E-state index contributed by atoms with van der Waals surface area (Å²) < 4.78 is 4.92. The number of ether oxygens (including phenoxy) is 1. The largest absolute Gasteiger partial charge is 0.466 e. The van der Waals surface area contributed by atoms with E-state index in [9.17, 15) is 14.4 Å². The predicted molar refractivity (Wildman–Crippen MR) is 101 cm³/mol. The molecule has 0 bridgehead atoms. The standard InChI is InChI=1S/C20H30N2O4/c1-4-26-20(25)12-14-22(15-13-21-17(3)23)19(24)7-5-6-18-10-8-16(2)9-11-18/h8-11H,4-7,12-15H2,1-3H3,(H,21,23). The van der Waals surface area contributed by atoms with E-state index in [0.29, 0.717) is 32.7 Å². The first-order chi connectivity index (χ1) is 12.4. The molecule has 0 unspecified atom stereocenters. The topological polar surface area (TPSA) is 75.7 Å². The van der Waals surface area contributed by atoms with Gasteiger partial charge in [-0.3, -0.25) is 14.4 Å². The first kappa shape index (κ1) is 21.7. The molecule has 1 rings (SSSR count). The van der Waals surface area contributed by atoms with Gasteiger partial charge < -0.3 is 15.0 Å². The molecule has 1 N–H and O–H groups in total. The third-order valence-electron chi connectivity index (χ3n) is 3.98. The van der Waals surface area contributed by atoms with Crippen molar-refractivity contribution in [3.8, 4) is 0 Å². The third kappa shape index (κ3) is 9.20. The zero-order valence-electron chi connectivity index (χ0n) is 16.0. The van der Waals surface area contributed by atoms with Gasteiger partial charge in [-0.2, -0.15) is 0 Å². The average Bonchev–Trinajstić information content (AvgIpc) is 2.59. The molecule has 144 valence electrons. The molecule has 0 radical (unpaired) electrons. The normalized spacial score (nSPS) is 10.3. The number of hydrogen-bond donors (Lipinski definition) is 1. The zero-order valence-corrected chi connectivity index (χ0v) is 16.0. The Bertz CT molecular complexity index is 584. The van der Waals surface area contributed by atoms with E-state index < -0.39 is 0 Å². The van der Waals surface area contributed by atoms with Gasteiger partial charge in [0, 0.05) is 33.0 Å². The highest BCUT2D eigenvalue weighted by molar-refractivity contribution is 5.77. The summed E-state index contributed by atoms with van der Waals surface area (Å²) in [5, 5.41) is 2.68. The number of esters is 1. The molecular formula is C20H30N2O4. The molecule has 6 nitrogen and oxygen atoms in total. The second kappa shape index (κ2) is 12.1. The Morgan fingerprint density at radius 2 is 1.77 bits per heavy atom. The van der Waals surface area contributed by atoms with Crippen LogP contribution in [-0.2, 0) is 25.5 Å². The number of rotatable bonds is 11. The number of nitrogens with one attached hydrogen (secondary N) is 1. The van der Waals surface area contributed by atoms with Gasteiger partial charge in [0.1, 0.15) is 0 Å². The lowest BCUT2D eigenvalue weighted by Gasteiger charge is -2.22. The highest BCUT2D eigenvalue weighted by Crippen LogP contribution is 2.09. The van der Waals surface area contributed by atoms with Gasteiger partial charge in [0.25, 0.3) is 0 Å². The lowest BCUT2D eigenvalue weighted by Crippen LogP contribution is -2.39. The van der Waals surface area contributed by atoms with Crippen molar-refractivity contribution in [1.82, 2.24) is 10.2 Å². The van der Waals surface area contributed by atoms with Gasteiger partial charge in [-0.1, -0.05) is 29.8 Å². The van der Waals surface area contributed by atoms with Crippen LogP contribution in [0.15, 0.2) is 24.3 Å². The van der Waals surface area contributed by atoms with Crippen LogP contribution in [0.1, 0.15) is 44.2 Å². The summed E-state index contributed by atoms with van der Waals surface area (Å²) in [6.07, 6.45) is 2.16. The van der Waals surface area contributed by atoms with Gasteiger partial charge in [0.05, 0.1) is 13.0 Å². The Morgan fingerprint density at radius 1 is 1.08 bits per heavy atom. The van der Waals surface area contributed by atoms with E-state index >= 15 is 0 Å². The average molecular weight is 362 g/mol. The molecule has 0 aliphatic carbocycles. The van der Waals surface area contributed by atoms with Crippen LogP contribution in [0.4, 0.5) is 0 Å². The van der Waals surface area contributed by atoms with Crippen molar-refractivity contribution in [2.24, 2.45) is 0 Å². The minimum Gasteiger partial charge on any atom is -0.466 e. The lowest BCUT2D eigenvalue weighted by molar-refractivity contribution is -0.144. The quantitative estimate of drug-likeness (QED) is 0.613. The molecule has 1 aromatic carbocycles. The Morgan fingerprint density at radius 3 is 2.38 bits per heavy atom. The number of hydrogen-bond acceptors (Lipinski definition) is 4. The molecule has 0 fully saturated rings. The number of aryl methyl sites for hydroxylation is 2. The molecule has 0 heterocycles. The van der Waals surface area contributed by atoms with E-state index in [2.05, 4.69) is 29.6 Å². The van der Waals surface area contributed by atoms with Crippen LogP contribution in [0.5, 0.6) is 0 Å². The maximum atomic E-state index is 12.5. The van der Waals surface area contributed by atoms with Gasteiger partial charge in [-0.15, -0.1) is 0 Å². The van der Waals surface area contributed by atoms with Gasteiger partial charge in [-0.25, -0.2) is 0 Å². The molecule has 0 saturated heterocycles. The Labute approximate surface area is 155 Å². The van der Waals surface area contributed by atoms with Crippen molar-refractivity contribution < 1.29 is 19.1 Å². The number of nitrogens with zero attached hydrogens (tertiary/aromatic N) is 1. The predicted octanol–water partition coefficient (Wildman–Crippen LogP) is 2.24. The molecule has 0 saturated carbocycles. The molecule has 0 aliphatic rings. The molecule has 0 spiro atoms. The minimum atomic E-state index is -0.315. The van der Waals surface area contributed by atoms with E-state index in [1.165, 1.54) is 18.1 Å². The SMILES string of the molecule is CCOC(=O)CCN(CCNC(C)=O)C(=O)CCCc1ccc(C)cc1. The monoisotopic (exact) mass is 362 g/mol. The maximum Gasteiger partial charge on any atom is 0.307 e. The fourth-order valence-electron chi connectivity index (χ4n) is 2.54. The van der Waals surface area contributed by atoms with E-state index in [4.69, 9.17) is 4.74 Å². The fourth-order valence-corrected chi connectivity index (χ4v) is 2.54. The zero-order chi connectivity index (χ0) is 19.4. The summed E-state index contributed by atoms with van der Waals surface area (Å²) in [5.41, 5.74) is 2.42. The molecule has 0 aliphatic heterocycles. The number of amides is 2. The Balaban J connectivity index is 2.47. The molecule has 0 aromatic heterocycles. The molecule has 0 atom stereocenters. The van der Waals surface area contributed by atoms with Crippen molar-refractivity contribution in [3.63, 3.8) is 0 Å². The van der Waals surface area contributed by atoms with Crippen LogP contribution >= 0.6 is 0 Å². The van der Waals surface area contributed by atoms with Crippen LogP contribution < -0.4 is 5.32 Å². The maximum absolute atomic E-state index is 12.5. The summed E-state index contributed by atoms with van der Waals surface area (Å²) in [6.45, 7) is 6.64. The number of carbonyl (C=O) groups excluding carboxylic acids is 3. The van der Waals surface area contributed by atoms with Gasteiger partial charge >= 0.3 is 5.97 Å². The summed E-state index contributed by atoms with van der Waals surface area (Å²) in [5.74, 6) is -0.460. The summed E-state index contributed by atoms with van der Waals surface area (Å²) >= 11 is 0. The van der Waals surface area contributed by atoms with Gasteiger partial charge in [0.2, 0.25) is 11.8 Å². The summed E-state index contributed by atoms with van der Waals surface area (Å²) in [4.78, 5) is 36.7. The van der Waals surface area contributed by atoms with Crippen LogP contribution in [0.25, 0.3) is 0 Å². The number of benzene rings is 1. The van der Waals surface area contributed by atoms with Gasteiger partial charge in [0.15, 0.2) is 0 Å². The smallest absolute Gasteiger partial charge is 0.307 e.